The highest BCUT2D eigenvalue weighted by molar-refractivity contribution is 6.04. The van der Waals surface area contributed by atoms with Crippen molar-refractivity contribution in [3.8, 4) is 17.2 Å². The molecule has 0 atom stereocenters. The minimum absolute atomic E-state index is 0.165. The number of aromatic nitrogens is 1. The van der Waals surface area contributed by atoms with Gasteiger partial charge in [0.2, 0.25) is 6.79 Å². The Bertz CT molecular complexity index is 901. The molecule has 1 amide bonds. The number of hydrogen-bond donors (Lipinski definition) is 1. The molecule has 0 saturated carbocycles. The lowest BCUT2D eigenvalue weighted by Gasteiger charge is -2.11. The van der Waals surface area contributed by atoms with Crippen molar-refractivity contribution < 1.29 is 14.3 Å². The summed E-state index contributed by atoms with van der Waals surface area (Å²) in [6.45, 7) is 2.24. The molecular weight excluding hydrogens is 304 g/mol. The topological polar surface area (TPSA) is 52.5 Å². The maximum atomic E-state index is 12.6. The average molecular weight is 320 g/mol. The molecular formula is C19H16N2O3. The highest BCUT2D eigenvalue weighted by Crippen LogP contribution is 2.34. The van der Waals surface area contributed by atoms with Crippen LogP contribution in [0.2, 0.25) is 0 Å². The van der Waals surface area contributed by atoms with Crippen LogP contribution in [0.3, 0.4) is 0 Å². The summed E-state index contributed by atoms with van der Waals surface area (Å²) in [5.41, 5.74) is 3.36. The fourth-order valence-electron chi connectivity index (χ4n) is 2.70. The number of nitrogens with one attached hydrogen (secondary N) is 1. The average Bonchev–Trinajstić information content (AvgIpc) is 3.26. The number of carbonyl (C=O) groups is 1. The molecule has 2 aromatic carbocycles. The summed E-state index contributed by atoms with van der Waals surface area (Å²) in [5.74, 6) is 1.17. The first-order chi connectivity index (χ1) is 11.7. The number of fused-ring (bicyclic) bond motifs is 1. The smallest absolute Gasteiger partial charge is 0.255 e. The Morgan fingerprint density at radius 3 is 2.67 bits per heavy atom. The van der Waals surface area contributed by atoms with Crippen LogP contribution in [0.5, 0.6) is 11.5 Å². The third-order valence-corrected chi connectivity index (χ3v) is 3.98. The number of anilines is 1. The standard InChI is InChI=1S/C19H16N2O3/c1-13-4-5-14(10-16(13)21-8-2-3-9-21)19(22)20-15-6-7-17-18(11-15)24-12-23-17/h2-11H,12H2,1H3,(H,20,22). The summed E-state index contributed by atoms with van der Waals surface area (Å²) in [7, 11) is 0. The molecule has 5 nitrogen and oxygen atoms in total. The molecule has 0 saturated heterocycles. The molecule has 1 N–H and O–H groups in total. The van der Waals surface area contributed by atoms with Crippen LogP contribution < -0.4 is 14.8 Å². The lowest BCUT2D eigenvalue weighted by molar-refractivity contribution is 0.102. The number of benzene rings is 2. The molecule has 0 fully saturated rings. The number of hydrogen-bond acceptors (Lipinski definition) is 3. The Kier molecular flexibility index (Phi) is 3.46. The number of rotatable bonds is 3. The minimum atomic E-state index is -0.165. The lowest BCUT2D eigenvalue weighted by atomic mass is 10.1. The number of carbonyl (C=O) groups excluding carboxylic acids is 1. The fourth-order valence-corrected chi connectivity index (χ4v) is 2.70. The van der Waals surface area contributed by atoms with Crippen LogP contribution in [0, 0.1) is 6.92 Å². The molecule has 24 heavy (non-hydrogen) atoms. The summed E-state index contributed by atoms with van der Waals surface area (Å²) < 4.78 is 12.6. The van der Waals surface area contributed by atoms with Gasteiger partial charge in [-0.25, -0.2) is 0 Å². The zero-order chi connectivity index (χ0) is 16.5. The van der Waals surface area contributed by atoms with E-state index in [0.29, 0.717) is 22.7 Å². The van der Waals surface area contributed by atoms with Crippen molar-refractivity contribution in [2.45, 2.75) is 6.92 Å². The van der Waals surface area contributed by atoms with Gasteiger partial charge in [0.05, 0.1) is 0 Å². The first-order valence-corrected chi connectivity index (χ1v) is 7.66. The zero-order valence-electron chi connectivity index (χ0n) is 13.2. The molecule has 0 spiro atoms. The van der Waals surface area contributed by atoms with Gasteiger partial charge >= 0.3 is 0 Å². The van der Waals surface area contributed by atoms with Crippen molar-refractivity contribution >= 4 is 11.6 Å². The van der Waals surface area contributed by atoms with E-state index in [1.54, 1.807) is 18.2 Å². The molecule has 4 rings (SSSR count). The Morgan fingerprint density at radius 1 is 1.04 bits per heavy atom. The number of ether oxygens (including phenoxy) is 2. The third kappa shape index (κ3) is 2.60. The highest BCUT2D eigenvalue weighted by Gasteiger charge is 2.15. The van der Waals surface area contributed by atoms with Crippen LogP contribution in [0.4, 0.5) is 5.69 Å². The Hall–Kier alpha value is -3.21. The van der Waals surface area contributed by atoms with Crippen LogP contribution >= 0.6 is 0 Å². The zero-order valence-corrected chi connectivity index (χ0v) is 13.2. The van der Waals surface area contributed by atoms with Gasteiger partial charge in [0.1, 0.15) is 0 Å². The second-order valence-corrected chi connectivity index (χ2v) is 5.61. The van der Waals surface area contributed by atoms with E-state index in [1.807, 2.05) is 54.2 Å². The normalized spacial score (nSPS) is 12.2. The number of amides is 1. The quantitative estimate of drug-likeness (QED) is 0.799. The van der Waals surface area contributed by atoms with E-state index in [1.165, 1.54) is 0 Å². The first kappa shape index (κ1) is 14.4. The first-order valence-electron chi connectivity index (χ1n) is 7.66. The van der Waals surface area contributed by atoms with Gasteiger partial charge in [-0.15, -0.1) is 0 Å². The van der Waals surface area contributed by atoms with Gasteiger partial charge in [0, 0.05) is 35.4 Å². The SMILES string of the molecule is Cc1ccc(C(=O)Nc2ccc3c(c2)OCO3)cc1-n1cccc1. The van der Waals surface area contributed by atoms with Gasteiger partial charge in [0.15, 0.2) is 11.5 Å². The van der Waals surface area contributed by atoms with Gasteiger partial charge in [-0.05, 0) is 48.9 Å². The van der Waals surface area contributed by atoms with Gasteiger partial charge in [-0.1, -0.05) is 6.07 Å². The number of aryl methyl sites for hydroxylation is 1. The summed E-state index contributed by atoms with van der Waals surface area (Å²) in [5, 5.41) is 2.90. The Morgan fingerprint density at radius 2 is 1.83 bits per heavy atom. The molecule has 120 valence electrons. The maximum Gasteiger partial charge on any atom is 0.255 e. The van der Waals surface area contributed by atoms with Crippen molar-refractivity contribution in [1.29, 1.82) is 0 Å². The molecule has 5 heteroatoms. The molecule has 2 heterocycles. The van der Waals surface area contributed by atoms with E-state index in [-0.39, 0.29) is 12.7 Å². The fraction of sp³-hybridized carbons (Fsp3) is 0.105. The second-order valence-electron chi connectivity index (χ2n) is 5.61. The van der Waals surface area contributed by atoms with Crippen molar-refractivity contribution in [3.63, 3.8) is 0 Å². The molecule has 0 radical (unpaired) electrons. The second kappa shape index (κ2) is 5.77. The van der Waals surface area contributed by atoms with Crippen LogP contribution in [-0.2, 0) is 0 Å². The van der Waals surface area contributed by atoms with Crippen LogP contribution in [-0.4, -0.2) is 17.3 Å². The van der Waals surface area contributed by atoms with Crippen molar-refractivity contribution in [3.05, 3.63) is 72.1 Å². The largest absolute Gasteiger partial charge is 0.454 e. The molecule has 1 aliphatic rings. The van der Waals surface area contributed by atoms with Crippen molar-refractivity contribution in [2.24, 2.45) is 0 Å². The Balaban J connectivity index is 1.60. The highest BCUT2D eigenvalue weighted by atomic mass is 16.7. The van der Waals surface area contributed by atoms with E-state index in [2.05, 4.69) is 5.32 Å². The minimum Gasteiger partial charge on any atom is -0.454 e. The maximum absolute atomic E-state index is 12.6. The molecule has 0 unspecified atom stereocenters. The van der Waals surface area contributed by atoms with Gasteiger partial charge in [-0.3, -0.25) is 4.79 Å². The van der Waals surface area contributed by atoms with E-state index in [0.717, 1.165) is 11.3 Å². The van der Waals surface area contributed by atoms with Crippen LogP contribution in [0.15, 0.2) is 60.9 Å². The molecule has 1 aromatic heterocycles. The molecule has 1 aliphatic heterocycles. The Labute approximate surface area is 139 Å². The van der Waals surface area contributed by atoms with Crippen LogP contribution in [0.25, 0.3) is 5.69 Å². The van der Waals surface area contributed by atoms with Gasteiger partial charge in [0.25, 0.3) is 5.91 Å². The van der Waals surface area contributed by atoms with Crippen molar-refractivity contribution in [1.82, 2.24) is 4.57 Å². The van der Waals surface area contributed by atoms with E-state index >= 15 is 0 Å². The van der Waals surface area contributed by atoms with Gasteiger partial charge < -0.3 is 19.4 Å². The lowest BCUT2D eigenvalue weighted by Crippen LogP contribution is -2.12. The van der Waals surface area contributed by atoms with E-state index < -0.39 is 0 Å². The van der Waals surface area contributed by atoms with Crippen molar-refractivity contribution in [2.75, 3.05) is 12.1 Å². The van der Waals surface area contributed by atoms with E-state index in [9.17, 15) is 4.79 Å². The molecule has 3 aromatic rings. The summed E-state index contributed by atoms with van der Waals surface area (Å²) in [4.78, 5) is 12.6. The van der Waals surface area contributed by atoms with Crippen LogP contribution in [0.1, 0.15) is 15.9 Å². The third-order valence-electron chi connectivity index (χ3n) is 3.98. The summed E-state index contributed by atoms with van der Waals surface area (Å²) in [6.07, 6.45) is 3.92. The predicted molar refractivity (Wildman–Crippen MR) is 91.0 cm³/mol. The molecule has 0 bridgehead atoms. The summed E-state index contributed by atoms with van der Waals surface area (Å²) >= 11 is 0. The van der Waals surface area contributed by atoms with Gasteiger partial charge in [-0.2, -0.15) is 0 Å². The monoisotopic (exact) mass is 320 g/mol. The molecule has 0 aliphatic carbocycles. The predicted octanol–water partition coefficient (Wildman–Crippen LogP) is 3.77. The van der Waals surface area contributed by atoms with E-state index in [4.69, 9.17) is 9.47 Å². The number of nitrogens with zero attached hydrogens (tertiary/aromatic N) is 1. The summed E-state index contributed by atoms with van der Waals surface area (Å²) in [6, 6.07) is 14.9.